The lowest BCUT2D eigenvalue weighted by Gasteiger charge is -2.07. The minimum atomic E-state index is 1.07. The summed E-state index contributed by atoms with van der Waals surface area (Å²) in [4.78, 5) is 0. The van der Waals surface area contributed by atoms with E-state index in [2.05, 4.69) is 61.5 Å². The molecule has 0 N–H and O–H groups in total. The SMILES string of the molecule is [CH2]c1ccccc1-c1ccc2ccccc2c1. The first kappa shape index (κ1) is 10.1. The van der Waals surface area contributed by atoms with Crippen molar-refractivity contribution in [2.45, 2.75) is 0 Å². The van der Waals surface area contributed by atoms with Crippen LogP contribution in [-0.2, 0) is 0 Å². The molecule has 0 aromatic heterocycles. The van der Waals surface area contributed by atoms with E-state index in [9.17, 15) is 0 Å². The highest BCUT2D eigenvalue weighted by molar-refractivity contribution is 5.87. The van der Waals surface area contributed by atoms with Crippen LogP contribution < -0.4 is 0 Å². The highest BCUT2D eigenvalue weighted by atomic mass is 14.1. The number of hydrogen-bond acceptors (Lipinski definition) is 0. The molecule has 0 heteroatoms. The standard InChI is InChI=1S/C17H13/c1-13-6-2-5-9-17(13)16-11-10-14-7-3-4-8-15(14)12-16/h2-12H,1H2. The molecule has 0 nitrogen and oxygen atoms in total. The van der Waals surface area contributed by atoms with Crippen molar-refractivity contribution in [2.75, 3.05) is 0 Å². The second-order valence-corrected chi connectivity index (χ2v) is 4.22. The molecule has 3 aromatic rings. The lowest BCUT2D eigenvalue weighted by molar-refractivity contribution is 1.58. The molecular formula is C17H13. The minimum Gasteiger partial charge on any atom is -0.0620 e. The van der Waals surface area contributed by atoms with Crippen LogP contribution in [0, 0.1) is 6.92 Å². The third kappa shape index (κ3) is 1.83. The van der Waals surface area contributed by atoms with Gasteiger partial charge in [0.05, 0.1) is 0 Å². The third-order valence-corrected chi connectivity index (χ3v) is 3.08. The molecule has 81 valence electrons. The summed E-state index contributed by atoms with van der Waals surface area (Å²) in [7, 11) is 0. The van der Waals surface area contributed by atoms with E-state index in [1.54, 1.807) is 0 Å². The molecule has 0 aliphatic heterocycles. The van der Waals surface area contributed by atoms with E-state index in [0.29, 0.717) is 0 Å². The smallest absolute Gasteiger partial charge is 0.0152 e. The van der Waals surface area contributed by atoms with Crippen LogP contribution in [0.15, 0.2) is 66.7 Å². The third-order valence-electron chi connectivity index (χ3n) is 3.08. The molecular weight excluding hydrogens is 204 g/mol. The molecule has 0 unspecified atom stereocenters. The monoisotopic (exact) mass is 217 g/mol. The maximum Gasteiger partial charge on any atom is -0.0152 e. The fraction of sp³-hybridized carbons (Fsp3) is 0. The molecule has 0 fully saturated rings. The highest BCUT2D eigenvalue weighted by Crippen LogP contribution is 2.26. The summed E-state index contributed by atoms with van der Waals surface area (Å²) in [5.74, 6) is 0. The van der Waals surface area contributed by atoms with Gasteiger partial charge in [0.15, 0.2) is 0 Å². The van der Waals surface area contributed by atoms with Crippen molar-refractivity contribution in [3.63, 3.8) is 0 Å². The van der Waals surface area contributed by atoms with E-state index in [4.69, 9.17) is 0 Å². The van der Waals surface area contributed by atoms with Crippen LogP contribution in [0.5, 0.6) is 0 Å². The largest absolute Gasteiger partial charge is 0.0620 e. The Labute approximate surface area is 102 Å². The molecule has 0 spiro atoms. The van der Waals surface area contributed by atoms with Gasteiger partial charge in [-0.15, -0.1) is 0 Å². The van der Waals surface area contributed by atoms with Crippen LogP contribution in [0.4, 0.5) is 0 Å². The van der Waals surface area contributed by atoms with E-state index in [1.165, 1.54) is 21.9 Å². The zero-order valence-electron chi connectivity index (χ0n) is 9.56. The predicted molar refractivity (Wildman–Crippen MR) is 73.8 cm³/mol. The quantitative estimate of drug-likeness (QED) is 0.554. The van der Waals surface area contributed by atoms with Gasteiger partial charge in [-0.3, -0.25) is 0 Å². The Hall–Kier alpha value is -2.08. The lowest BCUT2D eigenvalue weighted by Crippen LogP contribution is -1.82. The molecule has 1 radical (unpaired) electrons. The van der Waals surface area contributed by atoms with Gasteiger partial charge in [0.2, 0.25) is 0 Å². The van der Waals surface area contributed by atoms with Crippen LogP contribution in [0.3, 0.4) is 0 Å². The van der Waals surface area contributed by atoms with Crippen molar-refractivity contribution in [1.82, 2.24) is 0 Å². The molecule has 0 heterocycles. The number of benzene rings is 3. The van der Waals surface area contributed by atoms with Gasteiger partial charge in [0, 0.05) is 0 Å². The Kier molecular flexibility index (Phi) is 2.41. The van der Waals surface area contributed by atoms with Crippen molar-refractivity contribution >= 4 is 10.8 Å². The van der Waals surface area contributed by atoms with Crippen LogP contribution in [0.25, 0.3) is 21.9 Å². The number of hydrogen-bond donors (Lipinski definition) is 0. The summed E-state index contributed by atoms with van der Waals surface area (Å²) >= 11 is 0. The summed E-state index contributed by atoms with van der Waals surface area (Å²) in [5, 5.41) is 2.55. The van der Waals surface area contributed by atoms with Gasteiger partial charge in [0.25, 0.3) is 0 Å². The Morgan fingerprint density at radius 1 is 0.647 bits per heavy atom. The predicted octanol–water partition coefficient (Wildman–Crippen LogP) is 4.69. The van der Waals surface area contributed by atoms with Gasteiger partial charge in [-0.25, -0.2) is 0 Å². The Balaban J connectivity index is 2.22. The van der Waals surface area contributed by atoms with Crippen LogP contribution in [0.2, 0.25) is 0 Å². The highest BCUT2D eigenvalue weighted by Gasteiger charge is 2.01. The van der Waals surface area contributed by atoms with Crippen molar-refractivity contribution in [3.05, 3.63) is 79.2 Å². The van der Waals surface area contributed by atoms with E-state index in [-0.39, 0.29) is 0 Å². The maximum absolute atomic E-state index is 4.08. The second-order valence-electron chi connectivity index (χ2n) is 4.22. The van der Waals surface area contributed by atoms with E-state index in [1.807, 2.05) is 12.1 Å². The number of fused-ring (bicyclic) bond motifs is 1. The summed E-state index contributed by atoms with van der Waals surface area (Å²) in [6.45, 7) is 4.08. The van der Waals surface area contributed by atoms with E-state index >= 15 is 0 Å². The summed E-state index contributed by atoms with van der Waals surface area (Å²) < 4.78 is 0. The Morgan fingerprint density at radius 3 is 2.18 bits per heavy atom. The molecule has 0 bridgehead atoms. The summed E-state index contributed by atoms with van der Waals surface area (Å²) in [6, 6.07) is 23.2. The van der Waals surface area contributed by atoms with Gasteiger partial charge >= 0.3 is 0 Å². The van der Waals surface area contributed by atoms with Crippen molar-refractivity contribution in [2.24, 2.45) is 0 Å². The van der Waals surface area contributed by atoms with Gasteiger partial charge in [0.1, 0.15) is 0 Å². The molecule has 0 aliphatic rings. The molecule has 0 atom stereocenters. The average molecular weight is 217 g/mol. The Bertz CT molecular complexity index is 665. The zero-order chi connectivity index (χ0) is 11.7. The zero-order valence-corrected chi connectivity index (χ0v) is 9.56. The molecule has 3 aromatic carbocycles. The molecule has 0 saturated heterocycles. The van der Waals surface area contributed by atoms with Gasteiger partial charge in [-0.05, 0) is 40.5 Å². The van der Waals surface area contributed by atoms with Gasteiger partial charge < -0.3 is 0 Å². The molecule has 0 saturated carbocycles. The summed E-state index contributed by atoms with van der Waals surface area (Å²) in [6.07, 6.45) is 0. The molecule has 17 heavy (non-hydrogen) atoms. The normalized spacial score (nSPS) is 10.6. The molecule has 3 rings (SSSR count). The second kappa shape index (κ2) is 4.06. The molecule has 0 aliphatic carbocycles. The van der Waals surface area contributed by atoms with Gasteiger partial charge in [-0.2, -0.15) is 0 Å². The fourth-order valence-electron chi connectivity index (χ4n) is 2.16. The Morgan fingerprint density at radius 2 is 1.35 bits per heavy atom. The first-order chi connectivity index (χ1) is 8.34. The molecule has 0 amide bonds. The summed E-state index contributed by atoms with van der Waals surface area (Å²) in [5.41, 5.74) is 3.51. The first-order valence-corrected chi connectivity index (χ1v) is 5.75. The van der Waals surface area contributed by atoms with Crippen LogP contribution >= 0.6 is 0 Å². The van der Waals surface area contributed by atoms with Crippen LogP contribution in [0.1, 0.15) is 5.56 Å². The lowest BCUT2D eigenvalue weighted by atomic mass is 9.98. The first-order valence-electron chi connectivity index (χ1n) is 5.75. The maximum atomic E-state index is 4.08. The van der Waals surface area contributed by atoms with E-state index < -0.39 is 0 Å². The topological polar surface area (TPSA) is 0 Å². The average Bonchev–Trinajstić information content (AvgIpc) is 2.39. The van der Waals surface area contributed by atoms with Crippen molar-refractivity contribution < 1.29 is 0 Å². The van der Waals surface area contributed by atoms with Gasteiger partial charge in [-0.1, -0.05) is 60.7 Å². The van der Waals surface area contributed by atoms with Crippen molar-refractivity contribution in [1.29, 1.82) is 0 Å². The fourth-order valence-corrected chi connectivity index (χ4v) is 2.16. The van der Waals surface area contributed by atoms with Crippen LogP contribution in [-0.4, -0.2) is 0 Å². The minimum absolute atomic E-state index is 1.07. The van der Waals surface area contributed by atoms with Crippen molar-refractivity contribution in [3.8, 4) is 11.1 Å². The number of rotatable bonds is 1. The van der Waals surface area contributed by atoms with E-state index in [0.717, 1.165) is 5.56 Å².